The third-order valence-corrected chi connectivity index (χ3v) is 2.24. The summed E-state index contributed by atoms with van der Waals surface area (Å²) in [6.07, 6.45) is -0.315. The molecule has 16 heavy (non-hydrogen) atoms. The van der Waals surface area contributed by atoms with Gasteiger partial charge in [0.05, 0.1) is 5.52 Å². The van der Waals surface area contributed by atoms with Crippen molar-refractivity contribution >= 4 is 17.0 Å². The number of benzene rings is 1. The molecular formula is C10H8FN2NaO2. The van der Waals surface area contributed by atoms with E-state index in [9.17, 15) is 14.3 Å². The summed E-state index contributed by atoms with van der Waals surface area (Å²) in [5, 5.41) is 10.4. The van der Waals surface area contributed by atoms with Crippen LogP contribution in [0.25, 0.3) is 11.0 Å². The average Bonchev–Trinajstić information content (AvgIpc) is 2.44. The monoisotopic (exact) mass is 230 g/mol. The van der Waals surface area contributed by atoms with Crippen molar-refractivity contribution in [1.29, 1.82) is 0 Å². The van der Waals surface area contributed by atoms with Crippen molar-refractivity contribution in [3.05, 3.63) is 29.8 Å². The van der Waals surface area contributed by atoms with Gasteiger partial charge in [-0.15, -0.1) is 0 Å². The van der Waals surface area contributed by atoms with Crippen molar-refractivity contribution < 1.29 is 43.8 Å². The van der Waals surface area contributed by atoms with E-state index in [2.05, 4.69) is 4.98 Å². The SMILES string of the molecule is Cn1c(CC(=O)[O-])nc2cccc(F)c21.[Na+]. The smallest absolute Gasteiger partial charge is 0.550 e. The van der Waals surface area contributed by atoms with Crippen LogP contribution in [0.1, 0.15) is 5.82 Å². The summed E-state index contributed by atoms with van der Waals surface area (Å²) < 4.78 is 14.8. The predicted octanol–water partition coefficient (Wildman–Crippen LogP) is -2.99. The Morgan fingerprint density at radius 1 is 1.56 bits per heavy atom. The number of aryl methyl sites for hydroxylation is 1. The van der Waals surface area contributed by atoms with Gasteiger partial charge in [0, 0.05) is 19.4 Å². The molecule has 0 atom stereocenters. The molecule has 2 aromatic rings. The second-order valence-corrected chi connectivity index (χ2v) is 3.24. The van der Waals surface area contributed by atoms with Gasteiger partial charge in [-0.2, -0.15) is 0 Å². The maximum atomic E-state index is 13.4. The van der Waals surface area contributed by atoms with E-state index in [0.717, 1.165) is 0 Å². The molecule has 0 aliphatic carbocycles. The van der Waals surface area contributed by atoms with Crippen LogP contribution in [0.15, 0.2) is 18.2 Å². The minimum atomic E-state index is -1.23. The van der Waals surface area contributed by atoms with Crippen molar-refractivity contribution in [2.45, 2.75) is 6.42 Å². The number of carbonyl (C=O) groups excluding carboxylic acids is 1. The number of carbonyl (C=O) groups is 1. The van der Waals surface area contributed by atoms with Gasteiger partial charge in [0.15, 0.2) is 0 Å². The largest absolute Gasteiger partial charge is 1.00 e. The first-order valence-electron chi connectivity index (χ1n) is 4.39. The zero-order valence-corrected chi connectivity index (χ0v) is 11.0. The molecule has 0 unspecified atom stereocenters. The van der Waals surface area contributed by atoms with Crippen molar-refractivity contribution in [1.82, 2.24) is 9.55 Å². The number of carboxylic acids is 1. The Labute approximate surface area is 113 Å². The fraction of sp³-hybridized carbons (Fsp3) is 0.200. The van der Waals surface area contributed by atoms with E-state index in [1.54, 1.807) is 13.1 Å². The van der Waals surface area contributed by atoms with Crippen molar-refractivity contribution in [3.8, 4) is 0 Å². The van der Waals surface area contributed by atoms with Crippen molar-refractivity contribution in [2.24, 2.45) is 7.05 Å². The molecule has 1 aromatic carbocycles. The van der Waals surface area contributed by atoms with E-state index in [1.807, 2.05) is 0 Å². The van der Waals surface area contributed by atoms with Crippen LogP contribution in [0.2, 0.25) is 0 Å². The maximum Gasteiger partial charge on any atom is 1.00 e. The van der Waals surface area contributed by atoms with E-state index < -0.39 is 11.8 Å². The number of aromatic nitrogens is 2. The van der Waals surface area contributed by atoms with Crippen LogP contribution >= 0.6 is 0 Å². The van der Waals surface area contributed by atoms with Gasteiger partial charge >= 0.3 is 29.6 Å². The Balaban J connectivity index is 0.00000128. The molecule has 0 aliphatic heterocycles. The van der Waals surface area contributed by atoms with Crippen LogP contribution in [0.5, 0.6) is 0 Å². The molecule has 1 heterocycles. The van der Waals surface area contributed by atoms with Gasteiger partial charge in [-0.3, -0.25) is 0 Å². The molecule has 2 rings (SSSR count). The summed E-state index contributed by atoms with van der Waals surface area (Å²) in [6, 6.07) is 4.48. The van der Waals surface area contributed by atoms with E-state index in [-0.39, 0.29) is 41.8 Å². The van der Waals surface area contributed by atoms with Crippen molar-refractivity contribution in [2.75, 3.05) is 0 Å². The van der Waals surface area contributed by atoms with Crippen LogP contribution in [-0.4, -0.2) is 15.5 Å². The van der Waals surface area contributed by atoms with Gasteiger partial charge in [0.25, 0.3) is 0 Å². The van der Waals surface area contributed by atoms with E-state index >= 15 is 0 Å². The molecule has 6 heteroatoms. The zero-order chi connectivity index (χ0) is 11.0. The Hall–Kier alpha value is -0.910. The molecule has 4 nitrogen and oxygen atoms in total. The van der Waals surface area contributed by atoms with Crippen molar-refractivity contribution in [3.63, 3.8) is 0 Å². The minimum absolute atomic E-state index is 0. The number of hydrogen-bond donors (Lipinski definition) is 0. The number of nitrogens with zero attached hydrogens (tertiary/aromatic N) is 2. The molecule has 0 aliphatic rings. The molecular weight excluding hydrogens is 222 g/mol. The Morgan fingerprint density at radius 2 is 2.25 bits per heavy atom. The van der Waals surface area contributed by atoms with Gasteiger partial charge < -0.3 is 14.5 Å². The molecule has 78 valence electrons. The van der Waals surface area contributed by atoms with Gasteiger partial charge in [-0.1, -0.05) is 6.07 Å². The number of aliphatic carboxylic acids is 1. The predicted molar refractivity (Wildman–Crippen MR) is 49.4 cm³/mol. The Bertz CT molecular complexity index is 539. The van der Waals surface area contributed by atoms with Gasteiger partial charge in [0.2, 0.25) is 0 Å². The maximum absolute atomic E-state index is 13.4. The third kappa shape index (κ3) is 2.26. The van der Waals surface area contributed by atoms with E-state index in [0.29, 0.717) is 11.0 Å². The van der Waals surface area contributed by atoms with E-state index in [4.69, 9.17) is 0 Å². The topological polar surface area (TPSA) is 58.0 Å². The first-order valence-corrected chi connectivity index (χ1v) is 4.39. The minimum Gasteiger partial charge on any atom is -0.550 e. The van der Waals surface area contributed by atoms with E-state index in [1.165, 1.54) is 16.7 Å². The fourth-order valence-electron chi connectivity index (χ4n) is 1.56. The van der Waals surface area contributed by atoms with Crippen LogP contribution < -0.4 is 34.7 Å². The summed E-state index contributed by atoms with van der Waals surface area (Å²) in [7, 11) is 1.58. The van der Waals surface area contributed by atoms with Crippen LogP contribution in [0.4, 0.5) is 4.39 Å². The number of para-hydroxylation sites is 1. The average molecular weight is 230 g/mol. The molecule has 0 saturated carbocycles. The number of halogens is 1. The van der Waals surface area contributed by atoms with Gasteiger partial charge in [-0.05, 0) is 12.1 Å². The Morgan fingerprint density at radius 3 is 2.81 bits per heavy atom. The summed E-state index contributed by atoms with van der Waals surface area (Å²) in [5.74, 6) is -1.35. The number of hydrogen-bond acceptors (Lipinski definition) is 3. The van der Waals surface area contributed by atoms with Gasteiger partial charge in [-0.25, -0.2) is 9.37 Å². The molecule has 1 aromatic heterocycles. The fourth-order valence-corrected chi connectivity index (χ4v) is 1.56. The number of rotatable bonds is 2. The first kappa shape index (κ1) is 13.2. The van der Waals surface area contributed by atoms with Crippen LogP contribution in [0, 0.1) is 5.82 Å². The zero-order valence-electron chi connectivity index (χ0n) is 9.03. The summed E-state index contributed by atoms with van der Waals surface area (Å²) >= 11 is 0. The van der Waals surface area contributed by atoms with Gasteiger partial charge in [0.1, 0.15) is 17.2 Å². The van der Waals surface area contributed by atoms with Crippen LogP contribution in [0.3, 0.4) is 0 Å². The number of fused-ring (bicyclic) bond motifs is 1. The second kappa shape index (κ2) is 4.95. The molecule has 0 radical (unpaired) electrons. The summed E-state index contributed by atoms with van der Waals surface area (Å²) in [6.45, 7) is 0. The molecule has 0 fully saturated rings. The normalized spacial score (nSPS) is 10.1. The molecule has 0 spiro atoms. The molecule has 0 saturated heterocycles. The summed E-state index contributed by atoms with van der Waals surface area (Å²) in [5.41, 5.74) is 0.766. The molecule has 0 bridgehead atoms. The number of imidazole rings is 1. The Kier molecular flexibility index (Phi) is 4.07. The first-order chi connectivity index (χ1) is 7.09. The second-order valence-electron chi connectivity index (χ2n) is 3.24. The summed E-state index contributed by atoms with van der Waals surface area (Å²) in [4.78, 5) is 14.4. The third-order valence-electron chi connectivity index (χ3n) is 2.24. The van der Waals surface area contributed by atoms with Crippen LogP contribution in [-0.2, 0) is 18.3 Å². The number of carboxylic acid groups (broad SMARTS) is 1. The standard InChI is InChI=1S/C10H9FN2O2.Na/c1-13-8(5-9(14)15)12-7-4-2-3-6(11)10(7)13;/h2-4H,5H2,1H3,(H,14,15);/q;+1/p-1. The molecule has 0 N–H and O–H groups in total. The molecule has 0 amide bonds. The quantitative estimate of drug-likeness (QED) is 0.517.